The van der Waals surface area contributed by atoms with Crippen LogP contribution in [0.25, 0.3) is 0 Å². The van der Waals surface area contributed by atoms with Crippen LogP contribution < -0.4 is 5.32 Å². The van der Waals surface area contributed by atoms with Gasteiger partial charge in [0.15, 0.2) is 0 Å². The van der Waals surface area contributed by atoms with Crippen LogP contribution in [0.4, 0.5) is 0 Å². The second kappa shape index (κ2) is 8.69. The number of hydrogen-bond acceptors (Lipinski definition) is 3. The van der Waals surface area contributed by atoms with Crippen molar-refractivity contribution in [3.8, 4) is 0 Å². The van der Waals surface area contributed by atoms with E-state index in [0.29, 0.717) is 30.6 Å². The number of carbonyl (C=O) groups excluding carboxylic acids is 3. The molecule has 6 nitrogen and oxygen atoms in total. The van der Waals surface area contributed by atoms with Crippen molar-refractivity contribution >= 4 is 17.7 Å². The number of rotatable bonds is 6. The van der Waals surface area contributed by atoms with Crippen LogP contribution in [-0.2, 0) is 17.9 Å². The second-order valence-corrected chi connectivity index (χ2v) is 7.06. The molecule has 2 aromatic carbocycles. The van der Waals surface area contributed by atoms with Crippen molar-refractivity contribution < 1.29 is 14.4 Å². The summed E-state index contributed by atoms with van der Waals surface area (Å²) in [5, 5.41) is 2.59. The summed E-state index contributed by atoms with van der Waals surface area (Å²) in [5.74, 6) is -0.0386. The highest BCUT2D eigenvalue weighted by molar-refractivity contribution is 5.95. The lowest BCUT2D eigenvalue weighted by atomic mass is 10.1. The van der Waals surface area contributed by atoms with Crippen LogP contribution in [0.3, 0.4) is 0 Å². The molecule has 0 bridgehead atoms. The zero-order valence-electron chi connectivity index (χ0n) is 16.3. The topological polar surface area (TPSA) is 69.7 Å². The maximum atomic E-state index is 12.8. The highest BCUT2D eigenvalue weighted by Crippen LogP contribution is 2.16. The summed E-state index contributed by atoms with van der Waals surface area (Å²) in [5.41, 5.74) is 3.10. The van der Waals surface area contributed by atoms with Gasteiger partial charge in [-0.25, -0.2) is 0 Å². The Kier molecular flexibility index (Phi) is 6.09. The second-order valence-electron chi connectivity index (χ2n) is 7.06. The number of benzene rings is 2. The third-order valence-electron chi connectivity index (χ3n) is 4.93. The van der Waals surface area contributed by atoms with Gasteiger partial charge in [0.05, 0.1) is 0 Å². The highest BCUT2D eigenvalue weighted by Gasteiger charge is 2.20. The lowest BCUT2D eigenvalue weighted by Crippen LogP contribution is -2.27. The summed E-state index contributed by atoms with van der Waals surface area (Å²) in [6, 6.07) is 14.7. The Balaban J connectivity index is 1.65. The fourth-order valence-electron chi connectivity index (χ4n) is 3.37. The van der Waals surface area contributed by atoms with Crippen molar-refractivity contribution in [2.45, 2.75) is 25.9 Å². The molecule has 0 aliphatic carbocycles. The summed E-state index contributed by atoms with van der Waals surface area (Å²) >= 11 is 0. The SMILES string of the molecule is CNC(=O)c1ccc(CN(C)C(=O)c2cccc(CN3CCCC3=O)c2)cc1. The van der Waals surface area contributed by atoms with Gasteiger partial charge >= 0.3 is 0 Å². The lowest BCUT2D eigenvalue weighted by Gasteiger charge is -2.19. The minimum atomic E-state index is -0.135. The molecule has 0 unspecified atom stereocenters. The zero-order chi connectivity index (χ0) is 20.1. The first-order valence-electron chi connectivity index (χ1n) is 9.41. The van der Waals surface area contributed by atoms with Crippen LogP contribution in [0.15, 0.2) is 48.5 Å². The van der Waals surface area contributed by atoms with Gasteiger partial charge in [0.2, 0.25) is 5.91 Å². The van der Waals surface area contributed by atoms with Gasteiger partial charge in [-0.3, -0.25) is 14.4 Å². The highest BCUT2D eigenvalue weighted by atomic mass is 16.2. The molecule has 6 heteroatoms. The molecule has 0 aromatic heterocycles. The number of likely N-dealkylation sites (tertiary alicyclic amines) is 1. The molecule has 0 radical (unpaired) electrons. The molecule has 1 N–H and O–H groups in total. The van der Waals surface area contributed by atoms with Gasteiger partial charge in [-0.15, -0.1) is 0 Å². The number of carbonyl (C=O) groups is 3. The van der Waals surface area contributed by atoms with Crippen LogP contribution in [0, 0.1) is 0 Å². The van der Waals surface area contributed by atoms with Gasteiger partial charge in [0, 0.05) is 51.3 Å². The molecule has 28 heavy (non-hydrogen) atoms. The van der Waals surface area contributed by atoms with Gasteiger partial charge < -0.3 is 15.1 Å². The van der Waals surface area contributed by atoms with Gasteiger partial charge in [0.25, 0.3) is 11.8 Å². The smallest absolute Gasteiger partial charge is 0.253 e. The summed E-state index contributed by atoms with van der Waals surface area (Å²) in [6.07, 6.45) is 1.51. The van der Waals surface area contributed by atoms with Crippen LogP contribution in [0.5, 0.6) is 0 Å². The Hall–Kier alpha value is -3.15. The van der Waals surface area contributed by atoms with Crippen LogP contribution >= 0.6 is 0 Å². The number of nitrogens with one attached hydrogen (secondary N) is 1. The first-order chi connectivity index (χ1) is 13.5. The maximum Gasteiger partial charge on any atom is 0.253 e. The Morgan fingerprint density at radius 1 is 1.07 bits per heavy atom. The molecule has 2 aromatic rings. The predicted molar refractivity (Wildman–Crippen MR) is 107 cm³/mol. The van der Waals surface area contributed by atoms with Crippen molar-refractivity contribution in [2.24, 2.45) is 0 Å². The van der Waals surface area contributed by atoms with E-state index in [2.05, 4.69) is 5.32 Å². The summed E-state index contributed by atoms with van der Waals surface area (Å²) in [6.45, 7) is 1.77. The minimum absolute atomic E-state index is 0.0787. The molecule has 1 saturated heterocycles. The Morgan fingerprint density at radius 3 is 2.46 bits per heavy atom. The summed E-state index contributed by atoms with van der Waals surface area (Å²) in [7, 11) is 3.35. The molecular weight excluding hydrogens is 354 g/mol. The van der Waals surface area contributed by atoms with Crippen molar-refractivity contribution in [3.63, 3.8) is 0 Å². The monoisotopic (exact) mass is 379 g/mol. The zero-order valence-corrected chi connectivity index (χ0v) is 16.3. The van der Waals surface area contributed by atoms with Crippen molar-refractivity contribution in [2.75, 3.05) is 20.6 Å². The summed E-state index contributed by atoms with van der Waals surface area (Å²) in [4.78, 5) is 39.7. The van der Waals surface area contributed by atoms with Crippen molar-refractivity contribution in [1.29, 1.82) is 0 Å². The van der Waals surface area contributed by atoms with Gasteiger partial charge in [0.1, 0.15) is 0 Å². The van der Waals surface area contributed by atoms with Crippen LogP contribution in [-0.4, -0.2) is 48.2 Å². The fraction of sp³-hybridized carbons (Fsp3) is 0.318. The van der Waals surface area contributed by atoms with E-state index in [9.17, 15) is 14.4 Å². The molecule has 0 spiro atoms. The molecular formula is C22H25N3O3. The van der Waals surface area contributed by atoms with Crippen molar-refractivity contribution in [1.82, 2.24) is 15.1 Å². The number of hydrogen-bond donors (Lipinski definition) is 1. The molecule has 3 amide bonds. The summed E-state index contributed by atoms with van der Waals surface area (Å²) < 4.78 is 0. The average Bonchev–Trinajstić information content (AvgIpc) is 3.12. The van der Waals surface area contributed by atoms with Gasteiger partial charge in [-0.2, -0.15) is 0 Å². The standard InChI is InChI=1S/C22H25N3O3/c1-23-21(27)18-10-8-16(9-11-18)14-24(2)22(28)19-6-3-5-17(13-19)15-25-12-4-7-20(25)26/h3,5-6,8-11,13H,4,7,12,14-15H2,1-2H3,(H,23,27). The van der Waals surface area contributed by atoms with E-state index in [-0.39, 0.29) is 17.7 Å². The molecule has 146 valence electrons. The first kappa shape index (κ1) is 19.6. The predicted octanol–water partition coefficient (Wildman–Crippen LogP) is 2.44. The third kappa shape index (κ3) is 4.57. The molecule has 0 saturated carbocycles. The first-order valence-corrected chi connectivity index (χ1v) is 9.41. The van der Waals surface area contributed by atoms with E-state index in [1.165, 1.54) is 0 Å². The van der Waals surface area contributed by atoms with E-state index in [1.807, 2.05) is 35.2 Å². The van der Waals surface area contributed by atoms with E-state index in [1.54, 1.807) is 37.2 Å². The number of amides is 3. The normalized spacial score (nSPS) is 13.5. The third-order valence-corrected chi connectivity index (χ3v) is 4.93. The van der Waals surface area contributed by atoms with E-state index in [0.717, 1.165) is 24.1 Å². The fourth-order valence-corrected chi connectivity index (χ4v) is 3.37. The Bertz CT molecular complexity index is 877. The lowest BCUT2D eigenvalue weighted by molar-refractivity contribution is -0.128. The Morgan fingerprint density at radius 2 is 1.82 bits per heavy atom. The number of nitrogens with zero attached hydrogens (tertiary/aromatic N) is 2. The molecule has 3 rings (SSSR count). The van der Waals surface area contributed by atoms with E-state index in [4.69, 9.17) is 0 Å². The molecule has 1 aliphatic heterocycles. The largest absolute Gasteiger partial charge is 0.355 e. The molecule has 1 heterocycles. The molecule has 0 atom stereocenters. The van der Waals surface area contributed by atoms with Crippen LogP contribution in [0.1, 0.15) is 44.7 Å². The molecule has 1 aliphatic rings. The van der Waals surface area contributed by atoms with E-state index >= 15 is 0 Å². The van der Waals surface area contributed by atoms with Crippen LogP contribution in [0.2, 0.25) is 0 Å². The average molecular weight is 379 g/mol. The Labute approximate surface area is 165 Å². The molecule has 1 fully saturated rings. The minimum Gasteiger partial charge on any atom is -0.355 e. The quantitative estimate of drug-likeness (QED) is 0.838. The van der Waals surface area contributed by atoms with Gasteiger partial charge in [-0.1, -0.05) is 24.3 Å². The van der Waals surface area contributed by atoms with Gasteiger partial charge in [-0.05, 0) is 41.8 Å². The van der Waals surface area contributed by atoms with Crippen molar-refractivity contribution in [3.05, 3.63) is 70.8 Å². The van der Waals surface area contributed by atoms with E-state index < -0.39 is 0 Å². The maximum absolute atomic E-state index is 12.8.